The number of rotatable bonds is 9. The summed E-state index contributed by atoms with van der Waals surface area (Å²) >= 11 is 0. The number of nitrogens with zero attached hydrogens (tertiary/aromatic N) is 2. The molecule has 3 aromatic rings. The predicted molar refractivity (Wildman–Crippen MR) is 129 cm³/mol. The van der Waals surface area contributed by atoms with E-state index in [1.54, 1.807) is 31.2 Å². The number of aryl methyl sites for hydroxylation is 2. The normalized spacial score (nSPS) is 11.9. The van der Waals surface area contributed by atoms with Crippen LogP contribution in [-0.4, -0.2) is 25.7 Å². The molecular formula is C23H22F2N4O5S. The molecular weight excluding hydrogens is 482 g/mol. The standard InChI is InChI=1S/C23H22F2N4O5S/c1-14-8-10-19(15(2)12-14)28-35(32,33)22-13-17(29(30)31)9-11-20(22)27-26-16(3)18-6-4-5-7-21(18)34-23(24)25/h4-13,23,27-28H,1-3H3. The van der Waals surface area contributed by atoms with Crippen molar-refractivity contribution >= 4 is 32.8 Å². The van der Waals surface area contributed by atoms with Crippen molar-refractivity contribution in [3.8, 4) is 5.75 Å². The third kappa shape index (κ3) is 6.29. The predicted octanol–water partition coefficient (Wildman–Crippen LogP) is 5.45. The summed E-state index contributed by atoms with van der Waals surface area (Å²) < 4.78 is 58.8. The van der Waals surface area contributed by atoms with E-state index in [2.05, 4.69) is 20.0 Å². The topological polar surface area (TPSA) is 123 Å². The van der Waals surface area contributed by atoms with E-state index >= 15 is 0 Å². The Kier molecular flexibility index (Phi) is 7.65. The molecule has 0 atom stereocenters. The maximum Gasteiger partial charge on any atom is 0.387 e. The number of sulfonamides is 1. The van der Waals surface area contributed by atoms with Gasteiger partial charge in [-0.1, -0.05) is 29.8 Å². The van der Waals surface area contributed by atoms with Gasteiger partial charge >= 0.3 is 6.61 Å². The van der Waals surface area contributed by atoms with Gasteiger partial charge in [0.25, 0.3) is 15.7 Å². The van der Waals surface area contributed by atoms with Crippen LogP contribution in [0.5, 0.6) is 5.75 Å². The number of para-hydroxylation sites is 1. The molecule has 35 heavy (non-hydrogen) atoms. The van der Waals surface area contributed by atoms with Crippen molar-refractivity contribution in [1.82, 2.24) is 0 Å². The summed E-state index contributed by atoms with van der Waals surface area (Å²) in [6, 6.07) is 14.3. The van der Waals surface area contributed by atoms with Gasteiger partial charge < -0.3 is 4.74 Å². The van der Waals surface area contributed by atoms with Gasteiger partial charge in [0.1, 0.15) is 10.6 Å². The monoisotopic (exact) mass is 504 g/mol. The highest BCUT2D eigenvalue weighted by Crippen LogP contribution is 2.30. The third-order valence-electron chi connectivity index (χ3n) is 4.93. The minimum absolute atomic E-state index is 0.0560. The Bertz CT molecular complexity index is 1390. The number of benzene rings is 3. The zero-order valence-corrected chi connectivity index (χ0v) is 19.8. The quantitative estimate of drug-likeness (QED) is 0.227. The van der Waals surface area contributed by atoms with E-state index in [4.69, 9.17) is 0 Å². The zero-order chi connectivity index (χ0) is 25.8. The highest BCUT2D eigenvalue weighted by atomic mass is 32.2. The van der Waals surface area contributed by atoms with E-state index in [1.165, 1.54) is 31.2 Å². The molecule has 0 heterocycles. The fourth-order valence-electron chi connectivity index (χ4n) is 3.24. The lowest BCUT2D eigenvalue weighted by molar-refractivity contribution is -0.385. The van der Waals surface area contributed by atoms with Gasteiger partial charge in [-0.25, -0.2) is 8.42 Å². The Morgan fingerprint density at radius 1 is 1.06 bits per heavy atom. The molecule has 0 spiro atoms. The lowest BCUT2D eigenvalue weighted by Crippen LogP contribution is -2.16. The average Bonchev–Trinajstić information content (AvgIpc) is 2.79. The molecule has 0 aliphatic carbocycles. The van der Waals surface area contributed by atoms with Crippen LogP contribution in [0.4, 0.5) is 25.8 Å². The summed E-state index contributed by atoms with van der Waals surface area (Å²) in [4.78, 5) is 10.2. The highest BCUT2D eigenvalue weighted by molar-refractivity contribution is 7.92. The zero-order valence-electron chi connectivity index (χ0n) is 19.0. The molecule has 0 radical (unpaired) electrons. The second-order valence-electron chi connectivity index (χ2n) is 7.55. The van der Waals surface area contributed by atoms with Crippen molar-refractivity contribution in [3.05, 3.63) is 87.5 Å². The molecule has 0 amide bonds. The summed E-state index contributed by atoms with van der Waals surface area (Å²) in [6.07, 6.45) is 0. The van der Waals surface area contributed by atoms with Gasteiger partial charge in [0.05, 0.1) is 22.0 Å². The van der Waals surface area contributed by atoms with Crippen LogP contribution in [-0.2, 0) is 10.0 Å². The number of hydrogen-bond acceptors (Lipinski definition) is 7. The van der Waals surface area contributed by atoms with Crippen LogP contribution in [0.3, 0.4) is 0 Å². The minimum atomic E-state index is -4.28. The van der Waals surface area contributed by atoms with Crippen LogP contribution in [0.1, 0.15) is 23.6 Å². The van der Waals surface area contributed by atoms with Crippen molar-refractivity contribution in [2.24, 2.45) is 5.10 Å². The molecule has 9 nitrogen and oxygen atoms in total. The van der Waals surface area contributed by atoms with Crippen LogP contribution in [0.15, 0.2) is 70.7 Å². The number of hydrogen-bond donors (Lipinski definition) is 2. The lowest BCUT2D eigenvalue weighted by atomic mass is 10.1. The Morgan fingerprint density at radius 3 is 2.40 bits per heavy atom. The summed E-state index contributed by atoms with van der Waals surface area (Å²) in [5, 5.41) is 15.4. The smallest absolute Gasteiger partial charge is 0.387 e. The van der Waals surface area contributed by atoms with Gasteiger partial charge in [0.15, 0.2) is 0 Å². The summed E-state index contributed by atoms with van der Waals surface area (Å²) in [5.74, 6) is -0.112. The van der Waals surface area contributed by atoms with Crippen LogP contribution < -0.4 is 14.9 Å². The molecule has 0 unspecified atom stereocenters. The number of nitro groups is 1. The van der Waals surface area contributed by atoms with Crippen LogP contribution in [0.2, 0.25) is 0 Å². The first kappa shape index (κ1) is 25.6. The van der Waals surface area contributed by atoms with Crippen molar-refractivity contribution in [2.45, 2.75) is 32.3 Å². The average molecular weight is 505 g/mol. The maximum absolute atomic E-state index is 13.2. The van der Waals surface area contributed by atoms with Gasteiger partial charge in [-0.3, -0.25) is 20.3 Å². The van der Waals surface area contributed by atoms with E-state index in [-0.39, 0.29) is 22.7 Å². The van der Waals surface area contributed by atoms with E-state index in [0.29, 0.717) is 11.3 Å². The van der Waals surface area contributed by atoms with Gasteiger partial charge in [-0.15, -0.1) is 0 Å². The minimum Gasteiger partial charge on any atom is -0.434 e. The molecule has 2 N–H and O–H groups in total. The highest BCUT2D eigenvalue weighted by Gasteiger charge is 2.23. The molecule has 0 aromatic heterocycles. The molecule has 12 heteroatoms. The first-order valence-electron chi connectivity index (χ1n) is 10.2. The summed E-state index contributed by atoms with van der Waals surface area (Å²) in [7, 11) is -4.28. The first-order valence-corrected chi connectivity index (χ1v) is 11.7. The fourth-order valence-corrected chi connectivity index (χ4v) is 4.54. The molecule has 3 aromatic carbocycles. The first-order chi connectivity index (χ1) is 16.5. The van der Waals surface area contributed by atoms with E-state index in [1.807, 2.05) is 6.92 Å². The van der Waals surface area contributed by atoms with Gasteiger partial charge in [0, 0.05) is 17.7 Å². The van der Waals surface area contributed by atoms with Crippen molar-refractivity contribution < 1.29 is 26.9 Å². The molecule has 0 fully saturated rings. The third-order valence-corrected chi connectivity index (χ3v) is 6.33. The molecule has 0 saturated carbocycles. The molecule has 0 aliphatic heterocycles. The maximum atomic E-state index is 13.2. The Morgan fingerprint density at radius 2 is 1.74 bits per heavy atom. The van der Waals surface area contributed by atoms with E-state index in [9.17, 15) is 27.3 Å². The number of non-ortho nitro benzene ring substituents is 1. The largest absolute Gasteiger partial charge is 0.434 e. The molecule has 0 saturated heterocycles. The van der Waals surface area contributed by atoms with Crippen LogP contribution >= 0.6 is 0 Å². The Balaban J connectivity index is 2.00. The number of nitro benzene ring substituents is 1. The van der Waals surface area contributed by atoms with Crippen molar-refractivity contribution in [1.29, 1.82) is 0 Å². The van der Waals surface area contributed by atoms with Crippen LogP contribution in [0.25, 0.3) is 0 Å². The number of hydrazone groups is 1. The molecule has 0 bridgehead atoms. The van der Waals surface area contributed by atoms with Crippen molar-refractivity contribution in [3.63, 3.8) is 0 Å². The van der Waals surface area contributed by atoms with Gasteiger partial charge in [0.2, 0.25) is 0 Å². The summed E-state index contributed by atoms with van der Waals surface area (Å²) in [5.41, 5.74) is 4.46. The second-order valence-corrected chi connectivity index (χ2v) is 9.20. The number of anilines is 2. The van der Waals surface area contributed by atoms with Crippen molar-refractivity contribution in [2.75, 3.05) is 10.1 Å². The van der Waals surface area contributed by atoms with Gasteiger partial charge in [-0.05, 0) is 50.6 Å². The Hall–Kier alpha value is -4.06. The molecule has 0 aliphatic rings. The van der Waals surface area contributed by atoms with Gasteiger partial charge in [-0.2, -0.15) is 13.9 Å². The number of halogens is 2. The number of nitrogens with one attached hydrogen (secondary N) is 2. The number of ether oxygens (including phenoxy) is 1. The second kappa shape index (κ2) is 10.5. The lowest BCUT2D eigenvalue weighted by Gasteiger charge is -2.14. The number of alkyl halides is 2. The summed E-state index contributed by atoms with van der Waals surface area (Å²) in [6.45, 7) is 2.05. The van der Waals surface area contributed by atoms with E-state index in [0.717, 1.165) is 17.7 Å². The molecule has 3 rings (SSSR count). The fraction of sp³-hybridized carbons (Fsp3) is 0.174. The molecule has 184 valence electrons. The Labute approximate surface area is 200 Å². The van der Waals surface area contributed by atoms with E-state index < -0.39 is 32.1 Å². The van der Waals surface area contributed by atoms with Crippen LogP contribution in [0, 0.1) is 24.0 Å². The SMILES string of the molecule is CC(=NNc1ccc([N+](=O)[O-])cc1S(=O)(=O)Nc1ccc(C)cc1C)c1ccccc1OC(F)F.